The molecule has 0 aromatic carbocycles. The van der Waals surface area contributed by atoms with E-state index < -0.39 is 0 Å². The molecule has 0 saturated heterocycles. The molecule has 0 aliphatic carbocycles. The summed E-state index contributed by atoms with van der Waals surface area (Å²) < 4.78 is 0. The topological polar surface area (TPSA) is 25.8 Å². The molecule has 0 unspecified atom stereocenters. The lowest BCUT2D eigenvalue weighted by atomic mass is 10.1. The van der Waals surface area contributed by atoms with Crippen LogP contribution in [-0.4, -0.2) is 10.2 Å². The first-order valence-electron chi connectivity index (χ1n) is 5.68. The minimum atomic E-state index is 1.07. The largest absolute Gasteiger partial charge is 0.155 e. The molecule has 0 fully saturated rings. The van der Waals surface area contributed by atoms with Crippen molar-refractivity contribution in [2.45, 2.75) is 52.4 Å². The van der Waals surface area contributed by atoms with Crippen LogP contribution in [0.3, 0.4) is 0 Å². The van der Waals surface area contributed by atoms with Gasteiger partial charge < -0.3 is 0 Å². The van der Waals surface area contributed by atoms with Crippen LogP contribution in [0.5, 0.6) is 0 Å². The van der Waals surface area contributed by atoms with Crippen molar-refractivity contribution >= 4 is 0 Å². The van der Waals surface area contributed by atoms with E-state index in [9.17, 15) is 0 Å². The fraction of sp³-hybridized carbons (Fsp3) is 0.667. The van der Waals surface area contributed by atoms with Crippen molar-refractivity contribution in [1.29, 1.82) is 0 Å². The summed E-state index contributed by atoms with van der Waals surface area (Å²) >= 11 is 0. The standard InChI is InChI=1S/C12H20N2/c1-3-5-7-11-9-10-12(14-13-11)8-6-4-2/h9-10H,3-8H2,1-2H3. The number of aryl methyl sites for hydroxylation is 2. The SMILES string of the molecule is CCCCc1ccc(CCCC)nn1. The first-order chi connectivity index (χ1) is 6.86. The van der Waals surface area contributed by atoms with Crippen molar-refractivity contribution in [2.75, 3.05) is 0 Å². The van der Waals surface area contributed by atoms with E-state index in [-0.39, 0.29) is 0 Å². The molecule has 14 heavy (non-hydrogen) atoms. The molecule has 0 bridgehead atoms. The molecular formula is C12H20N2. The normalized spacial score (nSPS) is 10.4. The molecule has 1 aromatic rings. The quantitative estimate of drug-likeness (QED) is 0.692. The Morgan fingerprint density at radius 1 is 0.857 bits per heavy atom. The molecule has 0 aliphatic rings. The monoisotopic (exact) mass is 192 g/mol. The minimum absolute atomic E-state index is 1.07. The Morgan fingerprint density at radius 3 is 1.57 bits per heavy atom. The van der Waals surface area contributed by atoms with Crippen molar-refractivity contribution in [1.82, 2.24) is 10.2 Å². The minimum Gasteiger partial charge on any atom is -0.155 e. The van der Waals surface area contributed by atoms with Gasteiger partial charge in [0.2, 0.25) is 0 Å². The van der Waals surface area contributed by atoms with Crippen LogP contribution in [0.1, 0.15) is 50.9 Å². The first kappa shape index (κ1) is 11.2. The van der Waals surface area contributed by atoms with Crippen molar-refractivity contribution in [3.8, 4) is 0 Å². The smallest absolute Gasteiger partial charge is 0.0631 e. The molecule has 0 spiro atoms. The number of hydrogen-bond donors (Lipinski definition) is 0. The van der Waals surface area contributed by atoms with Gasteiger partial charge in [-0.1, -0.05) is 26.7 Å². The summed E-state index contributed by atoms with van der Waals surface area (Å²) in [4.78, 5) is 0. The molecule has 0 amide bonds. The van der Waals surface area contributed by atoms with Gasteiger partial charge in [-0.3, -0.25) is 0 Å². The number of hydrogen-bond acceptors (Lipinski definition) is 2. The Hall–Kier alpha value is -0.920. The predicted octanol–water partition coefficient (Wildman–Crippen LogP) is 3.16. The van der Waals surface area contributed by atoms with Crippen molar-refractivity contribution < 1.29 is 0 Å². The fourth-order valence-corrected chi connectivity index (χ4v) is 1.37. The zero-order valence-corrected chi connectivity index (χ0v) is 9.29. The third kappa shape index (κ3) is 3.86. The second-order valence-corrected chi connectivity index (χ2v) is 3.72. The molecule has 78 valence electrons. The zero-order valence-electron chi connectivity index (χ0n) is 9.29. The summed E-state index contributed by atoms with van der Waals surface area (Å²) in [5, 5.41) is 8.44. The van der Waals surface area contributed by atoms with E-state index in [1.165, 1.54) is 25.7 Å². The number of rotatable bonds is 6. The second-order valence-electron chi connectivity index (χ2n) is 3.72. The van der Waals surface area contributed by atoms with Crippen molar-refractivity contribution in [3.63, 3.8) is 0 Å². The van der Waals surface area contributed by atoms with Crippen LogP contribution in [0, 0.1) is 0 Å². The lowest BCUT2D eigenvalue weighted by Crippen LogP contribution is -1.97. The average Bonchev–Trinajstić information content (AvgIpc) is 2.25. The predicted molar refractivity (Wildman–Crippen MR) is 59.3 cm³/mol. The molecule has 0 atom stereocenters. The van der Waals surface area contributed by atoms with Gasteiger partial charge in [0.15, 0.2) is 0 Å². The van der Waals surface area contributed by atoms with Gasteiger partial charge in [0, 0.05) is 0 Å². The average molecular weight is 192 g/mol. The summed E-state index contributed by atoms with van der Waals surface area (Å²) in [6, 6.07) is 4.24. The Morgan fingerprint density at radius 2 is 1.29 bits per heavy atom. The Labute approximate surface area is 86.8 Å². The summed E-state index contributed by atoms with van der Waals surface area (Å²) in [5.41, 5.74) is 2.26. The first-order valence-corrected chi connectivity index (χ1v) is 5.68. The van der Waals surface area contributed by atoms with E-state index in [1.54, 1.807) is 0 Å². The lowest BCUT2D eigenvalue weighted by molar-refractivity contribution is 0.727. The zero-order chi connectivity index (χ0) is 10.2. The van der Waals surface area contributed by atoms with Crippen LogP contribution >= 0.6 is 0 Å². The van der Waals surface area contributed by atoms with Crippen LogP contribution < -0.4 is 0 Å². The molecule has 2 nitrogen and oxygen atoms in total. The van der Waals surface area contributed by atoms with Gasteiger partial charge >= 0.3 is 0 Å². The highest BCUT2D eigenvalue weighted by Crippen LogP contribution is 2.04. The highest BCUT2D eigenvalue weighted by molar-refractivity contribution is 5.07. The molecule has 0 saturated carbocycles. The summed E-state index contributed by atoms with van der Waals surface area (Å²) in [7, 11) is 0. The Bertz CT molecular complexity index is 214. The molecule has 2 heteroatoms. The second kappa shape index (κ2) is 6.52. The van der Waals surface area contributed by atoms with E-state index in [4.69, 9.17) is 0 Å². The maximum absolute atomic E-state index is 4.22. The Kier molecular flexibility index (Phi) is 5.20. The summed E-state index contributed by atoms with van der Waals surface area (Å²) in [5.74, 6) is 0. The molecule has 0 radical (unpaired) electrons. The van der Waals surface area contributed by atoms with E-state index in [2.05, 4.69) is 36.2 Å². The van der Waals surface area contributed by atoms with Gasteiger partial charge in [-0.05, 0) is 37.8 Å². The molecule has 0 aliphatic heterocycles. The third-order valence-corrected chi connectivity index (χ3v) is 2.35. The van der Waals surface area contributed by atoms with Crippen LogP contribution in [0.4, 0.5) is 0 Å². The molecular weight excluding hydrogens is 172 g/mol. The van der Waals surface area contributed by atoms with E-state index in [1.807, 2.05) is 0 Å². The van der Waals surface area contributed by atoms with Crippen LogP contribution in [0.2, 0.25) is 0 Å². The summed E-state index contributed by atoms with van der Waals surface area (Å²) in [6.07, 6.45) is 7.00. The van der Waals surface area contributed by atoms with Gasteiger partial charge in [-0.2, -0.15) is 10.2 Å². The molecule has 1 heterocycles. The molecule has 0 N–H and O–H groups in total. The van der Waals surface area contributed by atoms with E-state index >= 15 is 0 Å². The highest BCUT2D eigenvalue weighted by Gasteiger charge is 1.97. The summed E-state index contributed by atoms with van der Waals surface area (Å²) in [6.45, 7) is 4.39. The van der Waals surface area contributed by atoms with Crippen LogP contribution in [0.15, 0.2) is 12.1 Å². The maximum Gasteiger partial charge on any atom is 0.0631 e. The van der Waals surface area contributed by atoms with Crippen LogP contribution in [-0.2, 0) is 12.8 Å². The fourth-order valence-electron chi connectivity index (χ4n) is 1.37. The van der Waals surface area contributed by atoms with Crippen LogP contribution in [0.25, 0.3) is 0 Å². The third-order valence-electron chi connectivity index (χ3n) is 2.35. The maximum atomic E-state index is 4.22. The van der Waals surface area contributed by atoms with Crippen molar-refractivity contribution in [3.05, 3.63) is 23.5 Å². The number of nitrogens with zero attached hydrogens (tertiary/aromatic N) is 2. The van der Waals surface area contributed by atoms with Gasteiger partial charge in [-0.15, -0.1) is 0 Å². The highest BCUT2D eigenvalue weighted by atomic mass is 15.1. The van der Waals surface area contributed by atoms with E-state index in [0.29, 0.717) is 0 Å². The number of aromatic nitrogens is 2. The lowest BCUT2D eigenvalue weighted by Gasteiger charge is -2.00. The van der Waals surface area contributed by atoms with Crippen molar-refractivity contribution in [2.24, 2.45) is 0 Å². The van der Waals surface area contributed by atoms with Gasteiger partial charge in [0.25, 0.3) is 0 Å². The van der Waals surface area contributed by atoms with Gasteiger partial charge in [0.1, 0.15) is 0 Å². The number of unbranched alkanes of at least 4 members (excludes halogenated alkanes) is 2. The van der Waals surface area contributed by atoms with Gasteiger partial charge in [0.05, 0.1) is 11.4 Å². The van der Waals surface area contributed by atoms with Gasteiger partial charge in [-0.25, -0.2) is 0 Å². The molecule has 1 aromatic heterocycles. The Balaban J connectivity index is 2.42. The molecule has 1 rings (SSSR count). The van der Waals surface area contributed by atoms with E-state index in [0.717, 1.165) is 24.2 Å².